The van der Waals surface area contributed by atoms with Crippen LogP contribution >= 0.6 is 7.94 Å². The van der Waals surface area contributed by atoms with Crippen LogP contribution in [-0.2, 0) is 0 Å². The molecule has 0 aliphatic carbocycles. The van der Waals surface area contributed by atoms with Gasteiger partial charge in [-0.2, -0.15) is 0 Å². The zero-order valence-electron chi connectivity index (χ0n) is 4.33. The molecule has 0 radical (unpaired) electrons. The molecule has 0 saturated carbocycles. The third-order valence-corrected chi connectivity index (χ3v) is 1.59. The Balaban J connectivity index is 3.56. The molecule has 0 bridgehead atoms. The molecule has 3 nitrogen and oxygen atoms in total. The van der Waals surface area contributed by atoms with E-state index < -0.39 is 7.94 Å². The molecule has 0 saturated heterocycles. The van der Waals surface area contributed by atoms with Crippen LogP contribution in [0.15, 0.2) is 4.91 Å². The minimum absolute atomic E-state index is 0.0417. The Morgan fingerprint density at radius 2 is 2.14 bits per heavy atom. The van der Waals surface area contributed by atoms with Crippen molar-refractivity contribution in [2.45, 2.75) is 19.5 Å². The molecule has 0 aromatic rings. The highest BCUT2D eigenvalue weighted by Gasteiger charge is 2.02. The van der Waals surface area contributed by atoms with Gasteiger partial charge in [0.1, 0.15) is 5.66 Å². The highest BCUT2D eigenvalue weighted by atomic mass is 31.1. The maximum atomic E-state index is 10.2. The first-order chi connectivity index (χ1) is 3.18. The SMILES string of the molecule is CC(C)[P+]([O-])=NO. The lowest BCUT2D eigenvalue weighted by molar-refractivity contribution is -0.159. The van der Waals surface area contributed by atoms with Crippen LogP contribution in [0.4, 0.5) is 0 Å². The largest absolute Gasteiger partial charge is 0.610 e. The summed E-state index contributed by atoms with van der Waals surface area (Å²) in [6.07, 6.45) is 0. The Labute approximate surface area is 43.5 Å². The van der Waals surface area contributed by atoms with Crippen LogP contribution in [0.1, 0.15) is 13.8 Å². The van der Waals surface area contributed by atoms with Crippen molar-refractivity contribution in [3.8, 4) is 0 Å². The molecular formula is C3H8NO2P. The molecule has 0 heterocycles. The van der Waals surface area contributed by atoms with Gasteiger partial charge in [0.15, 0.2) is 0 Å². The molecule has 0 fully saturated rings. The summed E-state index contributed by atoms with van der Waals surface area (Å²) < 4.78 is 0. The zero-order valence-corrected chi connectivity index (χ0v) is 5.22. The van der Waals surface area contributed by atoms with E-state index >= 15 is 0 Å². The summed E-state index contributed by atoms with van der Waals surface area (Å²) in [7, 11) is -1.71. The molecule has 7 heavy (non-hydrogen) atoms. The van der Waals surface area contributed by atoms with Crippen molar-refractivity contribution in [2.75, 3.05) is 0 Å². The van der Waals surface area contributed by atoms with Crippen molar-refractivity contribution >= 4 is 7.94 Å². The van der Waals surface area contributed by atoms with E-state index in [2.05, 4.69) is 4.91 Å². The lowest BCUT2D eigenvalue weighted by Crippen LogP contribution is -1.97. The van der Waals surface area contributed by atoms with E-state index in [-0.39, 0.29) is 5.66 Å². The molecule has 1 atom stereocenters. The van der Waals surface area contributed by atoms with Gasteiger partial charge in [-0.25, -0.2) is 5.21 Å². The summed E-state index contributed by atoms with van der Waals surface area (Å²) in [5.74, 6) is 0. The van der Waals surface area contributed by atoms with Crippen molar-refractivity contribution in [1.29, 1.82) is 0 Å². The van der Waals surface area contributed by atoms with E-state index in [1.54, 1.807) is 13.8 Å². The molecule has 0 aliphatic rings. The average Bonchev–Trinajstić information content (AvgIpc) is 1.65. The van der Waals surface area contributed by atoms with Gasteiger partial charge in [-0.15, -0.1) is 0 Å². The molecule has 1 unspecified atom stereocenters. The molecule has 42 valence electrons. The maximum Gasteiger partial charge on any atom is 0.203 e. The number of nitrogens with zero attached hydrogens (tertiary/aromatic N) is 1. The monoisotopic (exact) mass is 121 g/mol. The summed E-state index contributed by atoms with van der Waals surface area (Å²) in [4.78, 5) is 12.8. The van der Waals surface area contributed by atoms with E-state index in [0.717, 1.165) is 0 Å². The quantitative estimate of drug-likeness (QED) is 0.410. The van der Waals surface area contributed by atoms with Gasteiger partial charge in [0.2, 0.25) is 7.94 Å². The van der Waals surface area contributed by atoms with E-state index in [1.165, 1.54) is 0 Å². The molecule has 0 amide bonds. The third kappa shape index (κ3) is 2.68. The fourth-order valence-electron chi connectivity index (χ4n) is 0.103. The Morgan fingerprint density at radius 1 is 1.71 bits per heavy atom. The fourth-order valence-corrected chi connectivity index (χ4v) is 0.310. The predicted molar refractivity (Wildman–Crippen MR) is 26.3 cm³/mol. The van der Waals surface area contributed by atoms with Gasteiger partial charge in [0.25, 0.3) is 0 Å². The number of hydrogen-bond donors (Lipinski definition) is 1. The maximum absolute atomic E-state index is 10.2. The summed E-state index contributed by atoms with van der Waals surface area (Å²) in [5, 5.41) is 7.85. The number of rotatable bonds is 1. The fraction of sp³-hybridized carbons (Fsp3) is 1.00. The molecule has 0 aromatic heterocycles. The van der Waals surface area contributed by atoms with Crippen LogP contribution in [0.3, 0.4) is 0 Å². The van der Waals surface area contributed by atoms with E-state index in [1.807, 2.05) is 0 Å². The van der Waals surface area contributed by atoms with Crippen molar-refractivity contribution in [3.05, 3.63) is 0 Å². The van der Waals surface area contributed by atoms with Gasteiger partial charge in [0.05, 0.1) is 0 Å². The number of hydrogen-bond acceptors (Lipinski definition) is 2. The van der Waals surface area contributed by atoms with Crippen molar-refractivity contribution in [3.63, 3.8) is 0 Å². The Morgan fingerprint density at radius 3 is 2.14 bits per heavy atom. The second-order valence-electron chi connectivity index (χ2n) is 1.49. The summed E-state index contributed by atoms with van der Waals surface area (Å²) >= 11 is 0. The topological polar surface area (TPSA) is 55.7 Å². The van der Waals surface area contributed by atoms with Gasteiger partial charge >= 0.3 is 0 Å². The second-order valence-corrected chi connectivity index (χ2v) is 3.30. The van der Waals surface area contributed by atoms with E-state index in [0.29, 0.717) is 0 Å². The smallest absolute Gasteiger partial charge is 0.203 e. The van der Waals surface area contributed by atoms with Crippen LogP contribution in [-0.4, -0.2) is 10.9 Å². The van der Waals surface area contributed by atoms with E-state index in [4.69, 9.17) is 5.21 Å². The zero-order chi connectivity index (χ0) is 5.86. The van der Waals surface area contributed by atoms with Gasteiger partial charge in [0, 0.05) is 4.91 Å². The third-order valence-electron chi connectivity index (χ3n) is 0.530. The summed E-state index contributed by atoms with van der Waals surface area (Å²) in [6, 6.07) is 0. The highest BCUT2D eigenvalue weighted by Crippen LogP contribution is 2.18. The van der Waals surface area contributed by atoms with E-state index in [9.17, 15) is 4.89 Å². The Hall–Kier alpha value is 0.0200. The van der Waals surface area contributed by atoms with Crippen molar-refractivity contribution in [2.24, 2.45) is 4.91 Å². The van der Waals surface area contributed by atoms with Gasteiger partial charge in [-0.1, -0.05) is 0 Å². The first-order valence-corrected chi connectivity index (χ1v) is 3.28. The standard InChI is InChI=1S/C3H8NO2P/c1-3(2)7(6)4-5/h3,5H,1-2H3. The minimum Gasteiger partial charge on any atom is -0.610 e. The molecule has 4 heteroatoms. The normalized spacial score (nSPS) is 13.0. The molecule has 0 rings (SSSR count). The van der Waals surface area contributed by atoms with Crippen molar-refractivity contribution < 1.29 is 10.1 Å². The van der Waals surface area contributed by atoms with Crippen LogP contribution in [0.5, 0.6) is 0 Å². The minimum atomic E-state index is -1.71. The lowest BCUT2D eigenvalue weighted by atomic mass is 10.6. The van der Waals surface area contributed by atoms with Crippen LogP contribution < -0.4 is 4.89 Å². The molecule has 0 aromatic carbocycles. The highest BCUT2D eigenvalue weighted by molar-refractivity contribution is 7.39. The van der Waals surface area contributed by atoms with Gasteiger partial charge in [-0.05, 0) is 13.8 Å². The van der Waals surface area contributed by atoms with Crippen LogP contribution in [0.25, 0.3) is 0 Å². The molecular weight excluding hydrogens is 113 g/mol. The molecule has 0 spiro atoms. The average molecular weight is 121 g/mol. The summed E-state index contributed by atoms with van der Waals surface area (Å²) in [6.45, 7) is 3.47. The lowest BCUT2D eigenvalue weighted by Gasteiger charge is -1.92. The molecule has 0 aliphatic heterocycles. The van der Waals surface area contributed by atoms with Crippen LogP contribution in [0.2, 0.25) is 0 Å². The first-order valence-electron chi connectivity index (χ1n) is 2.00. The van der Waals surface area contributed by atoms with Gasteiger partial charge in [-0.3, -0.25) is 0 Å². The molecule has 1 N–H and O–H groups in total. The predicted octanol–water partition coefficient (Wildman–Crippen LogP) is 0.725. The van der Waals surface area contributed by atoms with Crippen molar-refractivity contribution in [1.82, 2.24) is 0 Å². The Kier molecular flexibility index (Phi) is 3.09. The summed E-state index contributed by atoms with van der Waals surface area (Å²) in [5.41, 5.74) is -0.0417. The van der Waals surface area contributed by atoms with Crippen LogP contribution in [0, 0.1) is 0 Å². The Bertz CT molecular complexity index is 81.0. The second kappa shape index (κ2) is 3.08. The van der Waals surface area contributed by atoms with Gasteiger partial charge < -0.3 is 4.89 Å². The first kappa shape index (κ1) is 7.02.